The molecule has 0 aromatic rings. The van der Waals surface area contributed by atoms with E-state index in [2.05, 4.69) is 90.2 Å². The fraction of sp³-hybridized carbons (Fsp3) is 0.776. The van der Waals surface area contributed by atoms with Crippen molar-refractivity contribution in [2.24, 2.45) is 5.41 Å². The van der Waals surface area contributed by atoms with Crippen LogP contribution >= 0.6 is 0 Å². The van der Waals surface area contributed by atoms with Crippen molar-refractivity contribution in [2.45, 2.75) is 248 Å². The minimum absolute atomic E-state index is 0.0240. The molecule has 0 radical (unpaired) electrons. The summed E-state index contributed by atoms with van der Waals surface area (Å²) in [6.45, 7) is 18.5. The molecule has 1 amide bonds. The lowest BCUT2D eigenvalue weighted by molar-refractivity contribution is -0.147. The van der Waals surface area contributed by atoms with Crippen LogP contribution in [0.1, 0.15) is 248 Å². The van der Waals surface area contributed by atoms with E-state index in [1.807, 2.05) is 0 Å². The third-order valence-electron chi connectivity index (χ3n) is 13.2. The topological polar surface area (TPSA) is 84.9 Å². The molecule has 0 aromatic heterocycles. The number of esters is 2. The summed E-state index contributed by atoms with van der Waals surface area (Å²) < 4.78 is 11.1. The van der Waals surface area contributed by atoms with Crippen molar-refractivity contribution in [3.05, 3.63) is 58.7 Å². The fourth-order valence-corrected chi connectivity index (χ4v) is 8.81. The Kier molecular flexibility index (Phi) is 38.2. The molecule has 0 bridgehead atoms. The van der Waals surface area contributed by atoms with Gasteiger partial charge in [0.15, 0.2) is 0 Å². The Bertz CT molecular complexity index is 1340. The van der Waals surface area contributed by atoms with E-state index in [-0.39, 0.29) is 36.5 Å². The molecule has 0 heterocycles. The summed E-state index contributed by atoms with van der Waals surface area (Å²) in [7, 11) is 0. The van der Waals surface area contributed by atoms with Gasteiger partial charge in [-0.15, -0.1) is 0 Å². The van der Waals surface area contributed by atoms with E-state index in [0.29, 0.717) is 32.4 Å². The zero-order chi connectivity index (χ0) is 47.6. The number of hydrogen-bond donors (Lipinski definition) is 1. The normalized spacial score (nSPS) is 14.5. The summed E-state index contributed by atoms with van der Waals surface area (Å²) in [5.74, 6) is -0.361. The summed E-state index contributed by atoms with van der Waals surface area (Å²) in [5.41, 5.74) is 5.75. The van der Waals surface area contributed by atoms with E-state index in [1.54, 1.807) is 4.90 Å². The van der Waals surface area contributed by atoms with Gasteiger partial charge in [-0.05, 0) is 83.2 Å². The van der Waals surface area contributed by atoms with Crippen LogP contribution in [-0.2, 0) is 23.9 Å². The first kappa shape index (κ1) is 60.1. The second-order valence-corrected chi connectivity index (χ2v) is 19.9. The van der Waals surface area contributed by atoms with Gasteiger partial charge in [-0.25, -0.2) is 0 Å². The van der Waals surface area contributed by atoms with Gasteiger partial charge in [-0.3, -0.25) is 14.4 Å². The van der Waals surface area contributed by atoms with Crippen molar-refractivity contribution in [1.29, 1.82) is 0 Å². The Morgan fingerprint density at radius 1 is 0.615 bits per heavy atom. The minimum Gasteiger partial charge on any atom is -0.464 e. The van der Waals surface area contributed by atoms with E-state index < -0.39 is 0 Å². The SMILES string of the molecule is CCCCCCCCCCCCCC(=O)OCCN(CCOC(=O)CCCCCCCCCCCCC)C(=O)CCCCCNC/C=C(C)/C=C/C=C(C)/C=C/C1=C(C)CCCC1(C)C. The molecule has 7 nitrogen and oxygen atoms in total. The Balaban J connectivity index is 2.42. The first-order valence-electron chi connectivity index (χ1n) is 27.2. The van der Waals surface area contributed by atoms with Crippen molar-refractivity contribution in [3.63, 3.8) is 0 Å². The molecule has 1 aliphatic rings. The molecule has 0 aliphatic heterocycles. The molecule has 1 rings (SSSR count). The van der Waals surface area contributed by atoms with Gasteiger partial charge in [0, 0.05) is 25.8 Å². The highest BCUT2D eigenvalue weighted by molar-refractivity contribution is 5.76. The van der Waals surface area contributed by atoms with Gasteiger partial charge in [-0.2, -0.15) is 0 Å². The molecule has 374 valence electrons. The van der Waals surface area contributed by atoms with Gasteiger partial charge in [0.1, 0.15) is 13.2 Å². The number of allylic oxidation sites excluding steroid dienone is 9. The first-order valence-corrected chi connectivity index (χ1v) is 27.2. The number of nitrogens with zero attached hydrogens (tertiary/aromatic N) is 1. The predicted molar refractivity (Wildman–Crippen MR) is 278 cm³/mol. The number of carbonyl (C=O) groups is 3. The number of carbonyl (C=O) groups excluding carboxylic acids is 3. The summed E-state index contributed by atoms with van der Waals surface area (Å²) >= 11 is 0. The third kappa shape index (κ3) is 35.0. The summed E-state index contributed by atoms with van der Waals surface area (Å²) in [6, 6.07) is 0. The molecular formula is C58H102N2O5. The summed E-state index contributed by atoms with van der Waals surface area (Å²) in [4.78, 5) is 40.1. The molecule has 0 unspecified atom stereocenters. The molecule has 65 heavy (non-hydrogen) atoms. The smallest absolute Gasteiger partial charge is 0.305 e. The largest absolute Gasteiger partial charge is 0.464 e. The van der Waals surface area contributed by atoms with Crippen LogP contribution in [0.2, 0.25) is 0 Å². The van der Waals surface area contributed by atoms with Gasteiger partial charge in [0.25, 0.3) is 0 Å². The van der Waals surface area contributed by atoms with Gasteiger partial charge >= 0.3 is 11.9 Å². The molecular weight excluding hydrogens is 805 g/mol. The van der Waals surface area contributed by atoms with E-state index >= 15 is 0 Å². The third-order valence-corrected chi connectivity index (χ3v) is 13.2. The van der Waals surface area contributed by atoms with Gasteiger partial charge in [-0.1, -0.05) is 216 Å². The molecule has 0 aromatic carbocycles. The highest BCUT2D eigenvalue weighted by Crippen LogP contribution is 2.40. The molecule has 1 aliphatic carbocycles. The lowest BCUT2D eigenvalue weighted by atomic mass is 9.72. The Hall–Kier alpha value is -2.93. The van der Waals surface area contributed by atoms with Crippen molar-refractivity contribution < 1.29 is 23.9 Å². The van der Waals surface area contributed by atoms with Crippen LogP contribution in [0.5, 0.6) is 0 Å². The average Bonchev–Trinajstić information content (AvgIpc) is 3.27. The van der Waals surface area contributed by atoms with E-state index in [4.69, 9.17) is 9.47 Å². The Morgan fingerprint density at radius 3 is 1.57 bits per heavy atom. The van der Waals surface area contributed by atoms with Crippen molar-refractivity contribution >= 4 is 17.8 Å². The molecule has 0 saturated heterocycles. The van der Waals surface area contributed by atoms with Crippen LogP contribution in [0.4, 0.5) is 0 Å². The molecule has 0 saturated carbocycles. The monoisotopic (exact) mass is 907 g/mol. The van der Waals surface area contributed by atoms with Gasteiger partial charge in [0.2, 0.25) is 5.91 Å². The Labute approximate surface area is 401 Å². The van der Waals surface area contributed by atoms with Crippen LogP contribution in [-0.4, -0.2) is 62.1 Å². The number of unbranched alkanes of at least 4 members (excludes halogenated alkanes) is 22. The maximum Gasteiger partial charge on any atom is 0.305 e. The number of nitrogens with one attached hydrogen (secondary N) is 1. The first-order chi connectivity index (χ1) is 31.5. The number of amides is 1. The van der Waals surface area contributed by atoms with Crippen molar-refractivity contribution in [1.82, 2.24) is 10.2 Å². The number of hydrogen-bond acceptors (Lipinski definition) is 6. The maximum absolute atomic E-state index is 13.4. The average molecular weight is 907 g/mol. The molecule has 1 N–H and O–H groups in total. The second kappa shape index (κ2) is 41.3. The Morgan fingerprint density at radius 2 is 1.08 bits per heavy atom. The fourth-order valence-electron chi connectivity index (χ4n) is 8.81. The second-order valence-electron chi connectivity index (χ2n) is 19.9. The lowest BCUT2D eigenvalue weighted by Gasteiger charge is -2.32. The van der Waals surface area contributed by atoms with E-state index in [0.717, 1.165) is 58.0 Å². The highest BCUT2D eigenvalue weighted by Gasteiger charge is 2.26. The van der Waals surface area contributed by atoms with Crippen LogP contribution in [0.25, 0.3) is 0 Å². The van der Waals surface area contributed by atoms with Crippen LogP contribution in [0.15, 0.2) is 58.7 Å². The molecule has 0 fully saturated rings. The molecule has 0 atom stereocenters. The van der Waals surface area contributed by atoms with E-state index in [1.165, 1.54) is 157 Å². The number of rotatable bonds is 42. The molecule has 7 heteroatoms. The zero-order valence-electron chi connectivity index (χ0n) is 43.6. The van der Waals surface area contributed by atoms with Crippen molar-refractivity contribution in [2.75, 3.05) is 39.4 Å². The number of ether oxygens (including phenoxy) is 2. The van der Waals surface area contributed by atoms with Gasteiger partial charge in [0.05, 0.1) is 13.1 Å². The quantitative estimate of drug-likeness (QED) is 0.0373. The minimum atomic E-state index is -0.192. The van der Waals surface area contributed by atoms with Gasteiger partial charge < -0.3 is 19.7 Å². The zero-order valence-corrected chi connectivity index (χ0v) is 43.6. The highest BCUT2D eigenvalue weighted by atomic mass is 16.5. The maximum atomic E-state index is 13.4. The summed E-state index contributed by atoms with van der Waals surface area (Å²) in [5, 5.41) is 3.51. The van der Waals surface area contributed by atoms with Crippen molar-refractivity contribution in [3.8, 4) is 0 Å². The molecule has 0 spiro atoms. The standard InChI is InChI=1S/C58H102N2O5/c1-8-10-12-14-16-18-20-22-24-26-30-39-56(62)64-49-47-60(48-50-65-57(63)40-31-27-25-23-21-19-17-15-13-11-9-2)55(61)38-29-28-32-45-59-46-43-52(4)36-33-35-51(3)41-42-54-53(5)37-34-44-58(54,6)7/h33,35-36,41-43,59H,8-32,34,37-40,44-50H2,1-7H3/b36-33+,42-41+,51-35+,52-43+. The van der Waals surface area contributed by atoms with E-state index in [9.17, 15) is 14.4 Å². The summed E-state index contributed by atoms with van der Waals surface area (Å²) in [6.07, 6.45) is 48.3. The van der Waals surface area contributed by atoms with Crippen LogP contribution in [0.3, 0.4) is 0 Å². The van der Waals surface area contributed by atoms with Crippen LogP contribution in [0, 0.1) is 5.41 Å². The van der Waals surface area contributed by atoms with Crippen LogP contribution < -0.4 is 5.32 Å². The predicted octanol–water partition coefficient (Wildman–Crippen LogP) is 16.0. The lowest BCUT2D eigenvalue weighted by Crippen LogP contribution is -2.37.